The normalized spacial score (nSPS) is 10.4. The summed E-state index contributed by atoms with van der Waals surface area (Å²) in [6.45, 7) is 5.62. The van der Waals surface area contributed by atoms with Crippen LogP contribution in [0.15, 0.2) is 22.7 Å². The van der Waals surface area contributed by atoms with Crippen molar-refractivity contribution in [2.75, 3.05) is 26.1 Å². The van der Waals surface area contributed by atoms with Crippen LogP contribution in [0.25, 0.3) is 0 Å². The minimum atomic E-state index is 0.543. The van der Waals surface area contributed by atoms with Crippen molar-refractivity contribution in [3.8, 4) is 11.5 Å². The van der Waals surface area contributed by atoms with Gasteiger partial charge in [0.2, 0.25) is 0 Å². The number of methoxy groups -OCH3 is 2. The Morgan fingerprint density at radius 1 is 1.28 bits per heavy atom. The highest BCUT2D eigenvalue weighted by Gasteiger charge is 2.09. The molecule has 0 spiro atoms. The van der Waals surface area contributed by atoms with Gasteiger partial charge in [0.25, 0.3) is 0 Å². The molecule has 25 heavy (non-hydrogen) atoms. The predicted octanol–water partition coefficient (Wildman–Crippen LogP) is 3.66. The number of halogens is 1. The summed E-state index contributed by atoms with van der Waals surface area (Å²) in [7, 11) is 3.25. The van der Waals surface area contributed by atoms with Crippen molar-refractivity contribution in [3.63, 3.8) is 0 Å². The number of thiocarbonyl (C=S) groups is 1. The lowest BCUT2D eigenvalue weighted by Gasteiger charge is -2.14. The fourth-order valence-corrected chi connectivity index (χ4v) is 2.90. The third-order valence-corrected chi connectivity index (χ3v) is 5.17. The van der Waals surface area contributed by atoms with Crippen LogP contribution < -0.4 is 20.1 Å². The maximum absolute atomic E-state index is 5.36. The van der Waals surface area contributed by atoms with Crippen molar-refractivity contribution in [3.05, 3.63) is 34.1 Å². The molecule has 2 aromatic rings. The van der Waals surface area contributed by atoms with E-state index in [0.29, 0.717) is 10.9 Å². The van der Waals surface area contributed by atoms with Crippen molar-refractivity contribution in [2.24, 2.45) is 0 Å². The monoisotopic (exact) mass is 426 g/mol. The Bertz CT molecular complexity index is 748. The first kappa shape index (κ1) is 19.5. The summed E-state index contributed by atoms with van der Waals surface area (Å²) in [5.41, 5.74) is 2.91. The molecule has 0 saturated carbocycles. The number of aromatic nitrogens is 2. The van der Waals surface area contributed by atoms with Gasteiger partial charge in [0.1, 0.15) is 11.5 Å². The second-order valence-corrected chi connectivity index (χ2v) is 6.71. The van der Waals surface area contributed by atoms with Crippen molar-refractivity contribution >= 4 is 38.9 Å². The molecule has 1 aromatic heterocycles. The Morgan fingerprint density at radius 2 is 2.04 bits per heavy atom. The molecule has 0 aliphatic carbocycles. The lowest BCUT2D eigenvalue weighted by molar-refractivity contribution is 0.405. The van der Waals surface area contributed by atoms with Crippen molar-refractivity contribution in [1.29, 1.82) is 0 Å². The number of aryl methyl sites for hydroxylation is 2. The van der Waals surface area contributed by atoms with Gasteiger partial charge < -0.3 is 20.1 Å². The second kappa shape index (κ2) is 9.05. The lowest BCUT2D eigenvalue weighted by Crippen LogP contribution is -2.30. The highest BCUT2D eigenvalue weighted by Crippen LogP contribution is 2.28. The van der Waals surface area contributed by atoms with Gasteiger partial charge in [-0.25, -0.2) is 0 Å². The molecule has 0 unspecified atom stereocenters. The molecule has 136 valence electrons. The third kappa shape index (κ3) is 5.09. The van der Waals surface area contributed by atoms with E-state index in [0.717, 1.165) is 46.8 Å². The van der Waals surface area contributed by atoms with Gasteiger partial charge >= 0.3 is 0 Å². The number of hydrogen-bond donors (Lipinski definition) is 2. The van der Waals surface area contributed by atoms with Crippen LogP contribution in [-0.4, -0.2) is 35.7 Å². The standard InChI is InChI=1S/C17H23BrN4O2S/c1-11-16(18)12(2)22(21-11)9-5-8-19-17(25)20-14-10-13(23-3)6-7-15(14)24-4/h6-7,10H,5,8-9H2,1-4H3,(H2,19,20,25). The van der Waals surface area contributed by atoms with Crippen LogP contribution in [0, 0.1) is 13.8 Å². The van der Waals surface area contributed by atoms with E-state index in [1.807, 2.05) is 29.8 Å². The van der Waals surface area contributed by atoms with Gasteiger partial charge in [0.15, 0.2) is 5.11 Å². The third-order valence-electron chi connectivity index (χ3n) is 3.78. The van der Waals surface area contributed by atoms with Gasteiger partial charge in [-0.2, -0.15) is 5.10 Å². The smallest absolute Gasteiger partial charge is 0.170 e. The van der Waals surface area contributed by atoms with Gasteiger partial charge in [0, 0.05) is 24.8 Å². The molecule has 0 bridgehead atoms. The highest BCUT2D eigenvalue weighted by atomic mass is 79.9. The molecule has 0 fully saturated rings. The first-order valence-corrected chi connectivity index (χ1v) is 9.12. The van der Waals surface area contributed by atoms with E-state index in [4.69, 9.17) is 21.7 Å². The fraction of sp³-hybridized carbons (Fsp3) is 0.412. The van der Waals surface area contributed by atoms with Crippen molar-refractivity contribution in [2.45, 2.75) is 26.8 Å². The molecule has 0 amide bonds. The van der Waals surface area contributed by atoms with Crippen LogP contribution in [0.2, 0.25) is 0 Å². The number of ether oxygens (including phenoxy) is 2. The molecule has 0 atom stereocenters. The number of nitrogens with zero attached hydrogens (tertiary/aromatic N) is 2. The molecule has 2 N–H and O–H groups in total. The summed E-state index contributed by atoms with van der Waals surface area (Å²) in [5, 5.41) is 11.4. The summed E-state index contributed by atoms with van der Waals surface area (Å²) in [5.74, 6) is 1.44. The van der Waals surface area contributed by atoms with E-state index >= 15 is 0 Å². The van der Waals surface area contributed by atoms with E-state index in [-0.39, 0.29) is 0 Å². The first-order chi connectivity index (χ1) is 12.0. The molecule has 1 aromatic carbocycles. The van der Waals surface area contributed by atoms with Gasteiger partial charge in [-0.15, -0.1) is 0 Å². The molecule has 2 rings (SSSR count). The number of nitrogens with one attached hydrogen (secondary N) is 2. The van der Waals surface area contributed by atoms with Crippen molar-refractivity contribution < 1.29 is 9.47 Å². The molecule has 8 heteroatoms. The highest BCUT2D eigenvalue weighted by molar-refractivity contribution is 9.10. The molecular weight excluding hydrogens is 404 g/mol. The largest absolute Gasteiger partial charge is 0.497 e. The summed E-state index contributed by atoms with van der Waals surface area (Å²) in [4.78, 5) is 0. The van der Waals surface area contributed by atoms with Crippen LogP contribution in [0.3, 0.4) is 0 Å². The van der Waals surface area contributed by atoms with Gasteiger partial charge in [-0.3, -0.25) is 4.68 Å². The molecule has 1 heterocycles. The maximum Gasteiger partial charge on any atom is 0.170 e. The molecule has 0 aliphatic heterocycles. The minimum Gasteiger partial charge on any atom is -0.497 e. The Balaban J connectivity index is 1.84. The van der Waals surface area contributed by atoms with E-state index in [9.17, 15) is 0 Å². The van der Waals surface area contributed by atoms with Gasteiger partial charge in [0.05, 0.1) is 30.1 Å². The van der Waals surface area contributed by atoms with Crippen LogP contribution in [-0.2, 0) is 6.54 Å². The molecule has 0 radical (unpaired) electrons. The van der Waals surface area contributed by atoms with Gasteiger partial charge in [-0.1, -0.05) is 0 Å². The summed E-state index contributed by atoms with van der Waals surface area (Å²) in [6.07, 6.45) is 0.908. The van der Waals surface area contributed by atoms with E-state index < -0.39 is 0 Å². The van der Waals surface area contributed by atoms with Crippen LogP contribution in [0.5, 0.6) is 11.5 Å². The Morgan fingerprint density at radius 3 is 2.64 bits per heavy atom. The lowest BCUT2D eigenvalue weighted by atomic mass is 10.2. The zero-order valence-electron chi connectivity index (χ0n) is 14.9. The van der Waals surface area contributed by atoms with Crippen LogP contribution >= 0.6 is 28.1 Å². The molecule has 6 nitrogen and oxygen atoms in total. The van der Waals surface area contributed by atoms with Gasteiger partial charge in [-0.05, 0) is 60.5 Å². The quantitative estimate of drug-likeness (QED) is 0.520. The Labute approximate surface area is 162 Å². The molecule has 0 aliphatic rings. The Hall–Kier alpha value is -1.80. The average molecular weight is 427 g/mol. The van der Waals surface area contributed by atoms with E-state index in [1.54, 1.807) is 14.2 Å². The van der Waals surface area contributed by atoms with Crippen LogP contribution in [0.1, 0.15) is 17.8 Å². The topological polar surface area (TPSA) is 60.3 Å². The number of rotatable bonds is 7. The number of hydrogen-bond acceptors (Lipinski definition) is 4. The zero-order valence-corrected chi connectivity index (χ0v) is 17.3. The maximum atomic E-state index is 5.36. The summed E-state index contributed by atoms with van der Waals surface area (Å²) < 4.78 is 13.6. The van der Waals surface area contributed by atoms with Crippen molar-refractivity contribution in [1.82, 2.24) is 15.1 Å². The molecule has 0 saturated heterocycles. The number of benzene rings is 1. The predicted molar refractivity (Wildman–Crippen MR) is 108 cm³/mol. The minimum absolute atomic E-state index is 0.543. The van der Waals surface area contributed by atoms with E-state index in [1.165, 1.54) is 0 Å². The summed E-state index contributed by atoms with van der Waals surface area (Å²) >= 11 is 8.90. The van der Waals surface area contributed by atoms with E-state index in [2.05, 4.69) is 38.6 Å². The SMILES string of the molecule is COc1ccc(OC)c(NC(=S)NCCCn2nc(C)c(Br)c2C)c1. The zero-order chi connectivity index (χ0) is 18.4. The number of anilines is 1. The average Bonchev–Trinajstić information content (AvgIpc) is 2.85. The Kier molecular flexibility index (Phi) is 7.07. The van der Waals surface area contributed by atoms with Crippen LogP contribution in [0.4, 0.5) is 5.69 Å². The second-order valence-electron chi connectivity index (χ2n) is 5.51. The summed E-state index contributed by atoms with van der Waals surface area (Å²) in [6, 6.07) is 5.53. The fourth-order valence-electron chi connectivity index (χ4n) is 2.40. The molecular formula is C17H23BrN4O2S. The first-order valence-electron chi connectivity index (χ1n) is 7.92.